The Morgan fingerprint density at radius 3 is 2.48 bits per heavy atom. The lowest BCUT2D eigenvalue weighted by atomic mass is 10.1. The Hall–Kier alpha value is -3.06. The predicted octanol–water partition coefficient (Wildman–Crippen LogP) is 6.76. The van der Waals surface area contributed by atoms with Crippen molar-refractivity contribution in [3.05, 3.63) is 104 Å². The average Bonchev–Trinajstić information content (AvgIpc) is 3.04. The number of thioether (sulfide) groups is 1. The van der Waals surface area contributed by atoms with E-state index in [1.165, 1.54) is 17.0 Å². The predicted molar refractivity (Wildman–Crippen MR) is 131 cm³/mol. The van der Waals surface area contributed by atoms with Crippen LogP contribution < -0.4 is 4.74 Å². The number of esters is 1. The number of carbonyl (C=O) groups excluding carboxylic acids is 3. The van der Waals surface area contributed by atoms with Crippen molar-refractivity contribution in [2.75, 3.05) is 0 Å². The van der Waals surface area contributed by atoms with Crippen LogP contribution in [0.3, 0.4) is 0 Å². The molecule has 0 unspecified atom stereocenters. The van der Waals surface area contributed by atoms with Crippen molar-refractivity contribution in [1.29, 1.82) is 0 Å². The summed E-state index contributed by atoms with van der Waals surface area (Å²) in [6.45, 7) is 2.14. The number of carbonyl (C=O) groups is 3. The Balaban J connectivity index is 1.59. The molecule has 2 amide bonds. The standard InChI is InChI=1S/C25H17Cl2NO4S/c1-15-6-8-16(9-7-15)14-28-23(29)22(33-25(28)31)13-17-12-18(26)10-11-21(17)32-24(30)19-4-2-3-5-20(19)27/h2-13H,14H2,1H3/b22-13-. The van der Waals surface area contributed by atoms with Gasteiger partial charge in [0.25, 0.3) is 11.1 Å². The normalized spacial score (nSPS) is 14.8. The molecule has 3 aromatic carbocycles. The van der Waals surface area contributed by atoms with Crippen molar-refractivity contribution in [2.45, 2.75) is 13.5 Å². The molecule has 0 aromatic heterocycles. The van der Waals surface area contributed by atoms with Crippen molar-refractivity contribution >= 4 is 58.2 Å². The van der Waals surface area contributed by atoms with Crippen LogP contribution in [-0.4, -0.2) is 22.0 Å². The highest BCUT2D eigenvalue weighted by Crippen LogP contribution is 2.36. The van der Waals surface area contributed by atoms with Gasteiger partial charge in [0.15, 0.2) is 0 Å². The Morgan fingerprint density at radius 1 is 1.03 bits per heavy atom. The van der Waals surface area contributed by atoms with Crippen LogP contribution in [0.25, 0.3) is 6.08 Å². The summed E-state index contributed by atoms with van der Waals surface area (Å²) in [5.41, 5.74) is 2.54. The van der Waals surface area contributed by atoms with Gasteiger partial charge in [-0.2, -0.15) is 0 Å². The summed E-state index contributed by atoms with van der Waals surface area (Å²) < 4.78 is 5.53. The Kier molecular flexibility index (Phi) is 6.88. The van der Waals surface area contributed by atoms with Crippen LogP contribution in [0.4, 0.5) is 4.79 Å². The van der Waals surface area contributed by atoms with E-state index in [0.717, 1.165) is 22.9 Å². The van der Waals surface area contributed by atoms with Crippen molar-refractivity contribution in [3.8, 4) is 5.75 Å². The Bertz CT molecular complexity index is 1290. The van der Waals surface area contributed by atoms with Crippen molar-refractivity contribution in [1.82, 2.24) is 4.90 Å². The number of aryl methyl sites for hydroxylation is 1. The number of hydrogen-bond acceptors (Lipinski definition) is 5. The molecule has 3 aromatic rings. The molecule has 0 atom stereocenters. The van der Waals surface area contributed by atoms with Gasteiger partial charge in [0.1, 0.15) is 5.75 Å². The highest BCUT2D eigenvalue weighted by molar-refractivity contribution is 8.18. The first-order chi connectivity index (χ1) is 15.8. The number of hydrogen-bond donors (Lipinski definition) is 0. The van der Waals surface area contributed by atoms with Gasteiger partial charge in [-0.15, -0.1) is 0 Å². The van der Waals surface area contributed by atoms with E-state index in [1.807, 2.05) is 31.2 Å². The highest BCUT2D eigenvalue weighted by Gasteiger charge is 2.35. The zero-order chi connectivity index (χ0) is 23.5. The summed E-state index contributed by atoms with van der Waals surface area (Å²) >= 11 is 13.0. The second-order valence-corrected chi connectivity index (χ2v) is 9.14. The third kappa shape index (κ3) is 5.30. The minimum absolute atomic E-state index is 0.173. The molecule has 166 valence electrons. The number of amides is 2. The molecule has 5 nitrogen and oxygen atoms in total. The maximum Gasteiger partial charge on any atom is 0.345 e. The van der Waals surface area contributed by atoms with Gasteiger partial charge < -0.3 is 4.74 Å². The van der Waals surface area contributed by atoms with Crippen LogP contribution in [0.2, 0.25) is 10.0 Å². The van der Waals surface area contributed by atoms with Crippen molar-refractivity contribution < 1.29 is 19.1 Å². The zero-order valence-electron chi connectivity index (χ0n) is 17.4. The monoisotopic (exact) mass is 497 g/mol. The maximum absolute atomic E-state index is 12.9. The van der Waals surface area contributed by atoms with Gasteiger partial charge in [0, 0.05) is 10.6 Å². The summed E-state index contributed by atoms with van der Waals surface area (Å²) in [6.07, 6.45) is 1.50. The Morgan fingerprint density at radius 2 is 1.76 bits per heavy atom. The number of imide groups is 1. The lowest BCUT2D eigenvalue weighted by Gasteiger charge is -2.12. The third-order valence-corrected chi connectivity index (χ3v) is 6.36. The first-order valence-electron chi connectivity index (χ1n) is 9.89. The summed E-state index contributed by atoms with van der Waals surface area (Å²) in [5, 5.41) is 0.274. The van der Waals surface area contributed by atoms with Gasteiger partial charge >= 0.3 is 5.97 Å². The van der Waals surface area contributed by atoms with Gasteiger partial charge in [0.05, 0.1) is 22.0 Å². The van der Waals surface area contributed by atoms with Crippen LogP contribution in [-0.2, 0) is 11.3 Å². The molecule has 0 spiro atoms. The van der Waals surface area contributed by atoms with Gasteiger partial charge in [-0.05, 0) is 60.7 Å². The number of benzene rings is 3. The van der Waals surface area contributed by atoms with E-state index < -0.39 is 11.9 Å². The quantitative estimate of drug-likeness (QED) is 0.221. The molecular weight excluding hydrogens is 481 g/mol. The molecule has 0 radical (unpaired) electrons. The summed E-state index contributed by atoms with van der Waals surface area (Å²) in [7, 11) is 0. The van der Waals surface area contributed by atoms with Crippen LogP contribution in [0.15, 0.2) is 71.6 Å². The van der Waals surface area contributed by atoms with Crippen LogP contribution in [0, 0.1) is 6.92 Å². The van der Waals surface area contributed by atoms with E-state index >= 15 is 0 Å². The molecule has 0 N–H and O–H groups in total. The van der Waals surface area contributed by atoms with Gasteiger partial charge in [-0.3, -0.25) is 14.5 Å². The molecule has 1 heterocycles. The molecule has 0 bridgehead atoms. The highest BCUT2D eigenvalue weighted by atomic mass is 35.5. The molecule has 1 saturated heterocycles. The number of rotatable bonds is 5. The summed E-state index contributed by atoms with van der Waals surface area (Å²) in [6, 6.07) is 18.8. The number of nitrogens with zero attached hydrogens (tertiary/aromatic N) is 1. The SMILES string of the molecule is Cc1ccc(CN2C(=O)S/C(=C\c3cc(Cl)ccc3OC(=O)c3ccccc3Cl)C2=O)cc1. The first-order valence-corrected chi connectivity index (χ1v) is 11.5. The van der Waals surface area contributed by atoms with E-state index in [4.69, 9.17) is 27.9 Å². The van der Waals surface area contributed by atoms with E-state index in [0.29, 0.717) is 10.6 Å². The van der Waals surface area contributed by atoms with E-state index in [-0.39, 0.29) is 33.0 Å². The molecule has 0 aliphatic carbocycles. The van der Waals surface area contributed by atoms with E-state index in [2.05, 4.69) is 0 Å². The van der Waals surface area contributed by atoms with Gasteiger partial charge in [-0.25, -0.2) is 4.79 Å². The fourth-order valence-electron chi connectivity index (χ4n) is 3.16. The minimum atomic E-state index is -0.648. The first kappa shape index (κ1) is 23.1. The average molecular weight is 498 g/mol. The lowest BCUT2D eigenvalue weighted by molar-refractivity contribution is -0.123. The minimum Gasteiger partial charge on any atom is -0.422 e. The molecule has 1 aliphatic rings. The molecule has 0 saturated carbocycles. The number of halogens is 2. The molecule has 8 heteroatoms. The maximum atomic E-state index is 12.9. The third-order valence-electron chi connectivity index (χ3n) is 4.89. The Labute approximate surface area is 204 Å². The second kappa shape index (κ2) is 9.83. The summed E-state index contributed by atoms with van der Waals surface area (Å²) in [4.78, 5) is 39.4. The number of ether oxygens (including phenoxy) is 1. The van der Waals surface area contributed by atoms with Crippen LogP contribution in [0.5, 0.6) is 5.75 Å². The fourth-order valence-corrected chi connectivity index (χ4v) is 4.38. The molecule has 33 heavy (non-hydrogen) atoms. The fraction of sp³-hybridized carbons (Fsp3) is 0.0800. The summed E-state index contributed by atoms with van der Waals surface area (Å²) in [5.74, 6) is -0.881. The van der Waals surface area contributed by atoms with Crippen molar-refractivity contribution in [2.24, 2.45) is 0 Å². The molecular formula is C25H17Cl2NO4S. The van der Waals surface area contributed by atoms with Gasteiger partial charge in [-0.1, -0.05) is 65.2 Å². The van der Waals surface area contributed by atoms with Crippen LogP contribution in [0.1, 0.15) is 27.0 Å². The topological polar surface area (TPSA) is 63.7 Å². The molecule has 4 rings (SSSR count). The van der Waals surface area contributed by atoms with E-state index in [9.17, 15) is 14.4 Å². The zero-order valence-corrected chi connectivity index (χ0v) is 19.7. The van der Waals surface area contributed by atoms with Crippen LogP contribution >= 0.6 is 35.0 Å². The largest absolute Gasteiger partial charge is 0.422 e. The second-order valence-electron chi connectivity index (χ2n) is 7.30. The lowest BCUT2D eigenvalue weighted by Crippen LogP contribution is -2.27. The molecule has 1 aliphatic heterocycles. The van der Waals surface area contributed by atoms with E-state index in [1.54, 1.807) is 36.4 Å². The smallest absolute Gasteiger partial charge is 0.345 e. The van der Waals surface area contributed by atoms with Crippen molar-refractivity contribution in [3.63, 3.8) is 0 Å². The van der Waals surface area contributed by atoms with Gasteiger partial charge in [0.2, 0.25) is 0 Å². The molecule has 1 fully saturated rings.